The van der Waals surface area contributed by atoms with Gasteiger partial charge in [0.2, 0.25) is 0 Å². The Balaban J connectivity index is 2.53. The van der Waals surface area contributed by atoms with Crippen molar-refractivity contribution in [2.75, 3.05) is 19.8 Å². The van der Waals surface area contributed by atoms with E-state index in [4.69, 9.17) is 52.1 Å². The molecular weight excluding hydrogens is 744 g/mol. The zero-order valence-electron chi connectivity index (χ0n) is 33.8. The van der Waals surface area contributed by atoms with Crippen molar-refractivity contribution in [3.8, 4) is 0 Å². The second-order valence-electron chi connectivity index (χ2n) is 13.7. The van der Waals surface area contributed by atoms with Crippen LogP contribution in [0, 0.1) is 0 Å². The minimum Gasteiger partial charge on any atom is -0.463 e. The van der Waals surface area contributed by atoms with Gasteiger partial charge in [-0.05, 0) is 6.42 Å². The Labute approximate surface area is 328 Å². The lowest BCUT2D eigenvalue weighted by Gasteiger charge is -2.48. The average molecular weight is 805 g/mol. The Hall–Kier alpha value is -3.87. The number of hydrogen-bond donors (Lipinski definition) is 0. The number of hydrogen-bond acceptors (Lipinski definition) is 18. The van der Waals surface area contributed by atoms with Crippen molar-refractivity contribution in [1.82, 2.24) is 0 Å². The third-order valence-electron chi connectivity index (χ3n) is 8.67. The van der Waals surface area contributed by atoms with Gasteiger partial charge in [0.1, 0.15) is 31.5 Å². The number of unbranched alkanes of at least 4 members (excludes halogenated alkanes) is 9. The first-order chi connectivity index (χ1) is 26.5. The Kier molecular flexibility index (Phi) is 21.9. The fraction of sp³-hybridized carbons (Fsp3) is 0.816. The molecule has 2 fully saturated rings. The molecule has 2 aliphatic rings. The molecule has 0 bridgehead atoms. The topological polar surface area (TPSA) is 221 Å². The summed E-state index contributed by atoms with van der Waals surface area (Å²) in [6, 6.07) is 0. The van der Waals surface area contributed by atoms with E-state index in [2.05, 4.69) is 6.92 Å². The molecule has 0 unspecified atom stereocenters. The first kappa shape index (κ1) is 48.3. The second kappa shape index (κ2) is 25.4. The molecule has 2 heterocycles. The SMILES string of the molecule is CCCCCCCCCCCCO[C@@H]1O[C@H](COC(C)=O)[C@@H](OC(C)=O)[C@H](O[C@@H]2O[C@H](COC(C)=O)[C@@H](OC(C)=O)[C@H](OC(C)=O)[C@H]2OC(C)=O)[C@H]1OC(C)=O. The summed E-state index contributed by atoms with van der Waals surface area (Å²) in [5.74, 6) is -5.65. The summed E-state index contributed by atoms with van der Waals surface area (Å²) in [5, 5.41) is 0. The van der Waals surface area contributed by atoms with Gasteiger partial charge in [0.25, 0.3) is 0 Å². The van der Waals surface area contributed by atoms with Gasteiger partial charge in [-0.25, -0.2) is 0 Å². The predicted octanol–water partition coefficient (Wildman–Crippen LogP) is 3.54. The molecule has 0 saturated carbocycles. The van der Waals surface area contributed by atoms with Gasteiger partial charge in [0, 0.05) is 55.1 Å². The van der Waals surface area contributed by atoms with Gasteiger partial charge in [-0.2, -0.15) is 0 Å². The van der Waals surface area contributed by atoms with Gasteiger partial charge in [-0.15, -0.1) is 0 Å². The highest BCUT2D eigenvalue weighted by molar-refractivity contribution is 5.69. The Morgan fingerprint density at radius 3 is 1.20 bits per heavy atom. The number of ether oxygens (including phenoxy) is 11. The molecule has 0 aliphatic carbocycles. The van der Waals surface area contributed by atoms with E-state index in [-0.39, 0.29) is 6.61 Å². The van der Waals surface area contributed by atoms with Crippen LogP contribution in [0.25, 0.3) is 0 Å². The highest BCUT2D eigenvalue weighted by atomic mass is 16.8. The lowest BCUT2D eigenvalue weighted by Crippen LogP contribution is -2.67. The summed E-state index contributed by atoms with van der Waals surface area (Å²) < 4.78 is 63.0. The number of carbonyl (C=O) groups is 7. The van der Waals surface area contributed by atoms with Gasteiger partial charge in [0.15, 0.2) is 43.1 Å². The molecule has 0 radical (unpaired) electrons. The van der Waals surface area contributed by atoms with Crippen molar-refractivity contribution in [2.24, 2.45) is 0 Å². The van der Waals surface area contributed by atoms with Gasteiger partial charge >= 0.3 is 41.8 Å². The summed E-state index contributed by atoms with van der Waals surface area (Å²) in [6.45, 7) is 9.02. The Bertz CT molecular complexity index is 1290. The minimum absolute atomic E-state index is 0.156. The van der Waals surface area contributed by atoms with Gasteiger partial charge in [-0.1, -0.05) is 64.7 Å². The van der Waals surface area contributed by atoms with Crippen LogP contribution in [-0.2, 0) is 85.7 Å². The fourth-order valence-electron chi connectivity index (χ4n) is 6.39. The van der Waals surface area contributed by atoms with Crippen LogP contribution in [0.1, 0.15) is 120 Å². The number of carbonyl (C=O) groups excluding carboxylic acids is 7. The van der Waals surface area contributed by atoms with E-state index in [1.165, 1.54) is 32.1 Å². The predicted molar refractivity (Wildman–Crippen MR) is 191 cm³/mol. The summed E-state index contributed by atoms with van der Waals surface area (Å²) in [4.78, 5) is 86.0. The third kappa shape index (κ3) is 17.5. The molecule has 0 aromatic heterocycles. The molecule has 2 aliphatic heterocycles. The van der Waals surface area contributed by atoms with Crippen LogP contribution < -0.4 is 0 Å². The van der Waals surface area contributed by atoms with Crippen molar-refractivity contribution >= 4 is 41.8 Å². The summed E-state index contributed by atoms with van der Waals surface area (Å²) in [7, 11) is 0. The normalized spacial score (nSPS) is 27.3. The molecular formula is C38H60O18. The highest BCUT2D eigenvalue weighted by Crippen LogP contribution is 2.36. The van der Waals surface area contributed by atoms with Gasteiger partial charge in [-0.3, -0.25) is 33.6 Å². The van der Waals surface area contributed by atoms with Gasteiger partial charge in [0.05, 0.1) is 0 Å². The Morgan fingerprint density at radius 2 is 0.768 bits per heavy atom. The van der Waals surface area contributed by atoms with Crippen LogP contribution >= 0.6 is 0 Å². The number of esters is 7. The van der Waals surface area contributed by atoms with Crippen LogP contribution in [-0.4, -0.2) is 123 Å². The maximum absolute atomic E-state index is 12.6. The molecule has 2 saturated heterocycles. The van der Waals surface area contributed by atoms with E-state index >= 15 is 0 Å². The van der Waals surface area contributed by atoms with Crippen LogP contribution in [0.4, 0.5) is 0 Å². The van der Waals surface area contributed by atoms with E-state index in [0.29, 0.717) is 6.42 Å². The quantitative estimate of drug-likeness (QED) is 0.0819. The molecule has 56 heavy (non-hydrogen) atoms. The van der Waals surface area contributed by atoms with Crippen molar-refractivity contribution in [3.63, 3.8) is 0 Å². The number of rotatable bonds is 23. The Morgan fingerprint density at radius 1 is 0.411 bits per heavy atom. The highest BCUT2D eigenvalue weighted by Gasteiger charge is 2.57. The van der Waals surface area contributed by atoms with E-state index in [0.717, 1.165) is 74.1 Å². The summed E-state index contributed by atoms with van der Waals surface area (Å²) in [5.41, 5.74) is 0. The molecule has 0 amide bonds. The third-order valence-corrected chi connectivity index (χ3v) is 8.67. The molecule has 0 aromatic carbocycles. The molecule has 2 rings (SSSR count). The molecule has 18 nitrogen and oxygen atoms in total. The first-order valence-electron chi connectivity index (χ1n) is 19.2. The minimum atomic E-state index is -1.77. The lowest BCUT2D eigenvalue weighted by molar-refractivity contribution is -0.362. The van der Waals surface area contributed by atoms with Crippen LogP contribution in [0.5, 0.6) is 0 Å². The maximum Gasteiger partial charge on any atom is 0.303 e. The monoisotopic (exact) mass is 804 g/mol. The largest absolute Gasteiger partial charge is 0.463 e. The molecule has 0 aromatic rings. The molecule has 10 atom stereocenters. The zero-order chi connectivity index (χ0) is 41.8. The smallest absolute Gasteiger partial charge is 0.303 e. The van der Waals surface area contributed by atoms with Crippen molar-refractivity contribution < 1.29 is 85.7 Å². The second-order valence-corrected chi connectivity index (χ2v) is 13.7. The summed E-state index contributed by atoms with van der Waals surface area (Å²) >= 11 is 0. The van der Waals surface area contributed by atoms with Crippen molar-refractivity contribution in [3.05, 3.63) is 0 Å². The van der Waals surface area contributed by atoms with Crippen LogP contribution in [0.15, 0.2) is 0 Å². The molecule has 0 spiro atoms. The molecule has 0 N–H and O–H groups in total. The lowest BCUT2D eigenvalue weighted by atomic mass is 9.96. The average Bonchev–Trinajstić information content (AvgIpc) is 3.09. The molecule has 320 valence electrons. The zero-order valence-corrected chi connectivity index (χ0v) is 33.8. The fourth-order valence-corrected chi connectivity index (χ4v) is 6.39. The van der Waals surface area contributed by atoms with E-state index in [1.54, 1.807) is 0 Å². The van der Waals surface area contributed by atoms with Crippen molar-refractivity contribution in [1.29, 1.82) is 0 Å². The van der Waals surface area contributed by atoms with E-state index in [1.807, 2.05) is 0 Å². The first-order valence-corrected chi connectivity index (χ1v) is 19.2. The standard InChI is InChI=1S/C38H60O18/c1-9-10-11-12-13-14-15-16-17-18-19-46-37-35(52-27(7)44)34(32(50-25(5)42)29(54-37)20-47-22(2)39)56-38-36(53-28(8)45)33(51-26(6)43)31(49-24(4)41)30(55-38)21-48-23(3)40/h29-38H,9-21H2,1-8H3/t29-,30-,31-,32-,33+,34+,35-,36-,37-,38+/m1/s1. The van der Waals surface area contributed by atoms with Crippen LogP contribution in [0.3, 0.4) is 0 Å². The van der Waals surface area contributed by atoms with E-state index in [9.17, 15) is 33.6 Å². The van der Waals surface area contributed by atoms with Crippen LogP contribution in [0.2, 0.25) is 0 Å². The summed E-state index contributed by atoms with van der Waals surface area (Å²) in [6.07, 6.45) is -4.35. The van der Waals surface area contributed by atoms with Crippen molar-refractivity contribution in [2.45, 2.75) is 181 Å². The van der Waals surface area contributed by atoms with E-state index < -0.39 is 116 Å². The van der Waals surface area contributed by atoms with Gasteiger partial charge < -0.3 is 52.1 Å². The molecule has 18 heteroatoms. The maximum atomic E-state index is 12.6.